The summed E-state index contributed by atoms with van der Waals surface area (Å²) in [7, 11) is 0. The summed E-state index contributed by atoms with van der Waals surface area (Å²) in [6.07, 6.45) is 7.20. The molecule has 208 valence electrons. The van der Waals surface area contributed by atoms with Crippen molar-refractivity contribution < 1.29 is 23.8 Å². The van der Waals surface area contributed by atoms with E-state index in [0.717, 1.165) is 54.5 Å². The molecule has 1 aromatic carbocycles. The third-order valence-corrected chi connectivity index (χ3v) is 9.35. The fraction of sp³-hybridized carbons (Fsp3) is 0.419. The van der Waals surface area contributed by atoms with Crippen LogP contribution in [0.2, 0.25) is 0 Å². The molecule has 1 N–H and O–H groups in total. The van der Waals surface area contributed by atoms with Gasteiger partial charge < -0.3 is 19.2 Å². The van der Waals surface area contributed by atoms with Crippen LogP contribution in [0.25, 0.3) is 33.1 Å². The Hall–Kier alpha value is -3.56. The lowest BCUT2D eigenvalue weighted by atomic mass is 9.82. The van der Waals surface area contributed by atoms with Gasteiger partial charge in [0.2, 0.25) is 11.8 Å². The quantitative estimate of drug-likeness (QED) is 0.262. The number of hydrogen-bond donors (Lipinski definition) is 1. The molecule has 1 aliphatic carbocycles. The van der Waals surface area contributed by atoms with E-state index in [2.05, 4.69) is 16.9 Å². The van der Waals surface area contributed by atoms with Crippen LogP contribution in [0.4, 0.5) is 5.69 Å². The van der Waals surface area contributed by atoms with Crippen LogP contribution < -0.4 is 4.90 Å². The van der Waals surface area contributed by atoms with Gasteiger partial charge in [-0.05, 0) is 86.3 Å². The summed E-state index contributed by atoms with van der Waals surface area (Å²) in [6.45, 7) is 4.11. The monoisotopic (exact) mass is 559 g/mol. The van der Waals surface area contributed by atoms with Gasteiger partial charge in [0.1, 0.15) is 4.88 Å². The highest BCUT2D eigenvalue weighted by Gasteiger charge is 2.33. The van der Waals surface area contributed by atoms with Gasteiger partial charge in [-0.2, -0.15) is 4.98 Å². The van der Waals surface area contributed by atoms with Gasteiger partial charge in [0.05, 0.1) is 5.69 Å². The molecule has 4 aromatic rings. The standard InChI is InChI=1S/C31H33N3O5S/c1-19-4-6-23(7-5-19)30(35)34(18-20-12-15-38-16-13-20)24-17-26(40-27(24)31(36)37)21-8-10-22(11-9-21)29-33-28-25(39-29)3-2-14-32-28/h2-3,8-11,14,17,19-20,23H,4-7,12-13,15-16,18H2,1H3,(H,36,37). The number of carboxylic acid groups (broad SMARTS) is 1. The molecule has 3 aromatic heterocycles. The summed E-state index contributed by atoms with van der Waals surface area (Å²) in [6, 6.07) is 13.2. The summed E-state index contributed by atoms with van der Waals surface area (Å²) < 4.78 is 11.4. The molecule has 0 bridgehead atoms. The molecule has 2 fully saturated rings. The number of nitrogens with zero attached hydrogens (tertiary/aromatic N) is 3. The Morgan fingerprint density at radius 1 is 1.02 bits per heavy atom. The number of carboxylic acids is 1. The van der Waals surface area contributed by atoms with E-state index in [1.165, 1.54) is 11.3 Å². The molecular formula is C31H33N3O5S. The number of fused-ring (bicyclic) bond motifs is 1. The SMILES string of the molecule is CC1CCC(C(=O)N(CC2CCOCC2)c2cc(-c3ccc(-c4nc5ncccc5o4)cc3)sc2C(=O)O)CC1. The van der Waals surface area contributed by atoms with Crippen LogP contribution in [0.5, 0.6) is 0 Å². The average Bonchev–Trinajstić information content (AvgIpc) is 3.62. The number of rotatable bonds is 7. The van der Waals surface area contributed by atoms with E-state index < -0.39 is 5.97 Å². The van der Waals surface area contributed by atoms with Crippen LogP contribution >= 0.6 is 11.3 Å². The fourth-order valence-electron chi connectivity index (χ4n) is 5.77. The second kappa shape index (κ2) is 11.5. The fourth-order valence-corrected chi connectivity index (χ4v) is 6.77. The maximum Gasteiger partial charge on any atom is 0.348 e. The zero-order chi connectivity index (χ0) is 27.6. The number of aromatic carboxylic acids is 1. The van der Waals surface area contributed by atoms with Gasteiger partial charge in [-0.25, -0.2) is 9.78 Å². The lowest BCUT2D eigenvalue weighted by molar-refractivity contribution is -0.123. The molecule has 4 heterocycles. The molecule has 1 aliphatic heterocycles. The number of thiophene rings is 1. The zero-order valence-electron chi connectivity index (χ0n) is 22.5. The molecule has 9 heteroatoms. The van der Waals surface area contributed by atoms with Crippen molar-refractivity contribution in [3.05, 3.63) is 53.5 Å². The molecular weight excluding hydrogens is 526 g/mol. The number of carbonyl (C=O) groups excluding carboxylic acids is 1. The Labute approximate surface area is 237 Å². The van der Waals surface area contributed by atoms with E-state index in [1.54, 1.807) is 17.2 Å². The molecule has 6 rings (SSSR count). The number of carbonyl (C=O) groups is 2. The second-order valence-corrected chi connectivity index (χ2v) is 12.1. The van der Waals surface area contributed by atoms with E-state index in [4.69, 9.17) is 9.15 Å². The molecule has 40 heavy (non-hydrogen) atoms. The molecule has 0 spiro atoms. The van der Waals surface area contributed by atoms with Gasteiger partial charge in [0, 0.05) is 42.3 Å². The summed E-state index contributed by atoms with van der Waals surface area (Å²) in [4.78, 5) is 37.9. The minimum absolute atomic E-state index is 0.0603. The Kier molecular flexibility index (Phi) is 7.67. The van der Waals surface area contributed by atoms with Gasteiger partial charge in [0.25, 0.3) is 0 Å². The minimum atomic E-state index is -1.01. The third kappa shape index (κ3) is 5.53. The maximum atomic E-state index is 14.0. The van der Waals surface area contributed by atoms with Crippen molar-refractivity contribution in [2.45, 2.75) is 45.4 Å². The lowest BCUT2D eigenvalue weighted by Crippen LogP contribution is -2.42. The van der Waals surface area contributed by atoms with Crippen molar-refractivity contribution >= 4 is 40.1 Å². The Morgan fingerprint density at radius 2 is 1.75 bits per heavy atom. The van der Waals surface area contributed by atoms with Gasteiger partial charge >= 0.3 is 5.97 Å². The smallest absolute Gasteiger partial charge is 0.348 e. The minimum Gasteiger partial charge on any atom is -0.477 e. The second-order valence-electron chi connectivity index (χ2n) is 11.0. The van der Waals surface area contributed by atoms with Crippen molar-refractivity contribution in [3.8, 4) is 21.9 Å². The van der Waals surface area contributed by atoms with Crippen molar-refractivity contribution in [3.63, 3.8) is 0 Å². The number of amides is 1. The van der Waals surface area contributed by atoms with Crippen LogP contribution in [0.15, 0.2) is 53.1 Å². The molecule has 0 atom stereocenters. The summed E-state index contributed by atoms with van der Waals surface area (Å²) in [5.41, 5.74) is 3.37. The van der Waals surface area contributed by atoms with Crippen molar-refractivity contribution in [2.75, 3.05) is 24.7 Å². The average molecular weight is 560 g/mol. The lowest BCUT2D eigenvalue weighted by Gasteiger charge is -2.34. The van der Waals surface area contributed by atoms with Crippen LogP contribution in [0.3, 0.4) is 0 Å². The number of anilines is 1. The first kappa shape index (κ1) is 26.7. The van der Waals surface area contributed by atoms with Crippen LogP contribution in [-0.2, 0) is 9.53 Å². The number of hydrogen-bond acceptors (Lipinski definition) is 7. The molecule has 0 unspecified atom stereocenters. The van der Waals surface area contributed by atoms with E-state index in [9.17, 15) is 14.7 Å². The van der Waals surface area contributed by atoms with Gasteiger partial charge in [0.15, 0.2) is 11.2 Å². The number of pyridine rings is 1. The number of oxazole rings is 1. The Balaban J connectivity index is 1.31. The summed E-state index contributed by atoms with van der Waals surface area (Å²) in [5.74, 6) is 0.383. The highest BCUT2D eigenvalue weighted by atomic mass is 32.1. The third-order valence-electron chi connectivity index (χ3n) is 8.19. The topological polar surface area (TPSA) is 106 Å². The Bertz CT molecular complexity index is 1460. The normalized spacial score (nSPS) is 20.0. The van der Waals surface area contributed by atoms with Gasteiger partial charge in [-0.15, -0.1) is 11.3 Å². The molecule has 0 radical (unpaired) electrons. The highest BCUT2D eigenvalue weighted by Crippen LogP contribution is 2.40. The van der Waals surface area contributed by atoms with Crippen LogP contribution in [-0.4, -0.2) is 46.7 Å². The van der Waals surface area contributed by atoms with E-state index in [0.29, 0.717) is 48.5 Å². The van der Waals surface area contributed by atoms with Crippen molar-refractivity contribution in [1.82, 2.24) is 9.97 Å². The van der Waals surface area contributed by atoms with Gasteiger partial charge in [-0.1, -0.05) is 19.1 Å². The number of aromatic nitrogens is 2. The van der Waals surface area contributed by atoms with E-state index in [-0.39, 0.29) is 22.6 Å². The predicted molar refractivity (Wildman–Crippen MR) is 155 cm³/mol. The van der Waals surface area contributed by atoms with Crippen LogP contribution in [0, 0.1) is 17.8 Å². The van der Waals surface area contributed by atoms with Crippen molar-refractivity contribution in [2.24, 2.45) is 17.8 Å². The maximum absolute atomic E-state index is 14.0. The van der Waals surface area contributed by atoms with Gasteiger partial charge in [-0.3, -0.25) is 4.79 Å². The first-order valence-corrected chi connectivity index (χ1v) is 14.9. The summed E-state index contributed by atoms with van der Waals surface area (Å²) >= 11 is 1.21. The molecule has 1 saturated carbocycles. The molecule has 8 nitrogen and oxygen atoms in total. The van der Waals surface area contributed by atoms with E-state index in [1.807, 2.05) is 36.4 Å². The van der Waals surface area contributed by atoms with Crippen molar-refractivity contribution in [1.29, 1.82) is 0 Å². The zero-order valence-corrected chi connectivity index (χ0v) is 23.4. The number of ether oxygens (including phenoxy) is 1. The molecule has 1 saturated heterocycles. The first-order chi connectivity index (χ1) is 19.5. The molecule has 1 amide bonds. The van der Waals surface area contributed by atoms with E-state index >= 15 is 0 Å². The van der Waals surface area contributed by atoms with Crippen LogP contribution in [0.1, 0.15) is 55.1 Å². The highest BCUT2D eigenvalue weighted by molar-refractivity contribution is 7.18. The predicted octanol–water partition coefficient (Wildman–Crippen LogP) is 6.90. The number of benzene rings is 1. The largest absolute Gasteiger partial charge is 0.477 e. The Morgan fingerprint density at radius 3 is 2.45 bits per heavy atom. The summed E-state index contributed by atoms with van der Waals surface area (Å²) in [5, 5.41) is 10.2. The first-order valence-electron chi connectivity index (χ1n) is 14.0. The molecule has 2 aliphatic rings.